The Kier molecular flexibility index (Phi) is 3.32. The smallest absolute Gasteiger partial charge is 0.231 e. The molecule has 1 atom stereocenters. The Morgan fingerprint density at radius 3 is 2.60 bits per heavy atom. The first-order chi connectivity index (χ1) is 9.72. The molecule has 1 aliphatic rings. The molecule has 0 saturated heterocycles. The molecule has 2 aromatic carbocycles. The Hall–Kier alpha value is -2.44. The first-order valence-corrected chi connectivity index (χ1v) is 6.38. The average molecular weight is 266 g/mol. The molecule has 0 fully saturated rings. The van der Waals surface area contributed by atoms with Crippen LogP contribution in [0.15, 0.2) is 42.5 Å². The number of aryl methyl sites for hydroxylation is 1. The van der Waals surface area contributed by atoms with Crippen LogP contribution in [-0.4, -0.2) is 11.9 Å². The topological polar surface area (TPSA) is 38.7 Å². The van der Waals surface area contributed by atoms with E-state index in [9.17, 15) is 5.11 Å². The number of ether oxygens (including phenoxy) is 2. The van der Waals surface area contributed by atoms with Gasteiger partial charge in [-0.2, -0.15) is 0 Å². The van der Waals surface area contributed by atoms with Crippen molar-refractivity contribution in [2.75, 3.05) is 6.79 Å². The predicted molar refractivity (Wildman–Crippen MR) is 75.6 cm³/mol. The molecule has 0 bridgehead atoms. The van der Waals surface area contributed by atoms with Crippen molar-refractivity contribution >= 4 is 0 Å². The number of rotatable bonds is 1. The normalized spacial score (nSPS) is 13.5. The third kappa shape index (κ3) is 2.61. The Bertz CT molecular complexity index is 678. The standard InChI is InChI=1S/C17H14O3/c1-12-2-4-13(5-3-12)6-8-15(18)14-7-9-16-17(10-14)20-11-19-16/h2-5,7,9-10,15,18H,11H2,1H3/t15-/m0/s1. The van der Waals surface area contributed by atoms with Crippen LogP contribution in [0, 0.1) is 18.8 Å². The Balaban J connectivity index is 1.79. The Morgan fingerprint density at radius 2 is 1.80 bits per heavy atom. The van der Waals surface area contributed by atoms with Crippen molar-refractivity contribution in [3.63, 3.8) is 0 Å². The lowest BCUT2D eigenvalue weighted by molar-refractivity contribution is 0.173. The monoisotopic (exact) mass is 266 g/mol. The molecule has 1 aliphatic heterocycles. The van der Waals surface area contributed by atoms with Gasteiger partial charge in [0.2, 0.25) is 6.79 Å². The summed E-state index contributed by atoms with van der Waals surface area (Å²) in [5.74, 6) is 7.15. The highest BCUT2D eigenvalue weighted by Crippen LogP contribution is 2.34. The van der Waals surface area contributed by atoms with E-state index in [1.807, 2.05) is 31.2 Å². The Morgan fingerprint density at radius 1 is 1.05 bits per heavy atom. The van der Waals surface area contributed by atoms with E-state index in [-0.39, 0.29) is 6.79 Å². The van der Waals surface area contributed by atoms with E-state index < -0.39 is 6.10 Å². The van der Waals surface area contributed by atoms with Crippen LogP contribution >= 0.6 is 0 Å². The fourth-order valence-corrected chi connectivity index (χ4v) is 1.96. The molecule has 0 aliphatic carbocycles. The van der Waals surface area contributed by atoms with Gasteiger partial charge in [-0.25, -0.2) is 0 Å². The van der Waals surface area contributed by atoms with Gasteiger partial charge in [0.05, 0.1) is 0 Å². The van der Waals surface area contributed by atoms with Crippen molar-refractivity contribution in [3.8, 4) is 23.3 Å². The van der Waals surface area contributed by atoms with Gasteiger partial charge < -0.3 is 14.6 Å². The molecule has 3 heteroatoms. The van der Waals surface area contributed by atoms with Crippen LogP contribution in [0.5, 0.6) is 11.5 Å². The van der Waals surface area contributed by atoms with Gasteiger partial charge in [-0.05, 0) is 36.8 Å². The maximum Gasteiger partial charge on any atom is 0.231 e. The number of aliphatic hydroxyl groups is 1. The van der Waals surface area contributed by atoms with Gasteiger partial charge in [0.1, 0.15) is 6.10 Å². The van der Waals surface area contributed by atoms with Crippen LogP contribution in [0.2, 0.25) is 0 Å². The highest BCUT2D eigenvalue weighted by Gasteiger charge is 2.15. The van der Waals surface area contributed by atoms with Gasteiger partial charge in [-0.15, -0.1) is 0 Å². The summed E-state index contributed by atoms with van der Waals surface area (Å²) in [4.78, 5) is 0. The zero-order chi connectivity index (χ0) is 13.9. The van der Waals surface area contributed by atoms with E-state index in [2.05, 4.69) is 11.8 Å². The van der Waals surface area contributed by atoms with Crippen molar-refractivity contribution in [2.24, 2.45) is 0 Å². The van der Waals surface area contributed by atoms with E-state index in [0.29, 0.717) is 17.1 Å². The predicted octanol–water partition coefficient (Wildman–Crippen LogP) is 2.81. The lowest BCUT2D eigenvalue weighted by Crippen LogP contribution is -1.94. The molecule has 100 valence electrons. The summed E-state index contributed by atoms with van der Waals surface area (Å²) in [7, 11) is 0. The molecule has 1 N–H and O–H groups in total. The number of hydrogen-bond acceptors (Lipinski definition) is 3. The summed E-state index contributed by atoms with van der Waals surface area (Å²) in [6.07, 6.45) is -0.842. The molecule has 2 aromatic rings. The summed E-state index contributed by atoms with van der Waals surface area (Å²) in [5, 5.41) is 10.1. The lowest BCUT2D eigenvalue weighted by atomic mass is 10.1. The molecule has 0 spiro atoms. The summed E-state index contributed by atoms with van der Waals surface area (Å²) in [6, 6.07) is 13.2. The van der Waals surface area contributed by atoms with E-state index in [4.69, 9.17) is 9.47 Å². The van der Waals surface area contributed by atoms with Gasteiger partial charge in [0.15, 0.2) is 11.5 Å². The van der Waals surface area contributed by atoms with Crippen LogP contribution < -0.4 is 9.47 Å². The minimum atomic E-state index is -0.842. The molecular formula is C17H14O3. The zero-order valence-corrected chi connectivity index (χ0v) is 11.1. The van der Waals surface area contributed by atoms with Crippen LogP contribution in [0.25, 0.3) is 0 Å². The van der Waals surface area contributed by atoms with Crippen LogP contribution in [0.1, 0.15) is 22.8 Å². The minimum Gasteiger partial charge on any atom is -0.454 e. The third-order valence-corrected chi connectivity index (χ3v) is 3.12. The van der Waals surface area contributed by atoms with Crippen LogP contribution in [0.3, 0.4) is 0 Å². The molecule has 20 heavy (non-hydrogen) atoms. The molecule has 3 nitrogen and oxygen atoms in total. The third-order valence-electron chi connectivity index (χ3n) is 3.12. The van der Waals surface area contributed by atoms with Gasteiger partial charge >= 0.3 is 0 Å². The number of benzene rings is 2. The second-order valence-electron chi connectivity index (χ2n) is 4.65. The Labute approximate surface area is 117 Å². The first-order valence-electron chi connectivity index (χ1n) is 6.38. The van der Waals surface area contributed by atoms with Crippen molar-refractivity contribution in [2.45, 2.75) is 13.0 Å². The first kappa shape index (κ1) is 12.6. The quantitative estimate of drug-likeness (QED) is 0.807. The van der Waals surface area contributed by atoms with Gasteiger partial charge in [0.25, 0.3) is 0 Å². The van der Waals surface area contributed by atoms with Crippen LogP contribution in [0.4, 0.5) is 0 Å². The van der Waals surface area contributed by atoms with Gasteiger partial charge in [0, 0.05) is 5.56 Å². The largest absolute Gasteiger partial charge is 0.454 e. The summed E-state index contributed by atoms with van der Waals surface area (Å²) in [6.45, 7) is 2.25. The fourth-order valence-electron chi connectivity index (χ4n) is 1.96. The van der Waals surface area contributed by atoms with E-state index >= 15 is 0 Å². The highest BCUT2D eigenvalue weighted by molar-refractivity contribution is 5.47. The zero-order valence-electron chi connectivity index (χ0n) is 11.1. The second kappa shape index (κ2) is 5.28. The van der Waals surface area contributed by atoms with Crippen molar-refractivity contribution in [1.82, 2.24) is 0 Å². The molecule has 1 heterocycles. The molecular weight excluding hydrogens is 252 g/mol. The molecule has 0 saturated carbocycles. The van der Waals surface area contributed by atoms with E-state index in [1.165, 1.54) is 5.56 Å². The van der Waals surface area contributed by atoms with Crippen molar-refractivity contribution in [3.05, 3.63) is 59.2 Å². The van der Waals surface area contributed by atoms with Crippen molar-refractivity contribution < 1.29 is 14.6 Å². The number of fused-ring (bicyclic) bond motifs is 1. The fraction of sp³-hybridized carbons (Fsp3) is 0.176. The average Bonchev–Trinajstić information content (AvgIpc) is 2.93. The summed E-state index contributed by atoms with van der Waals surface area (Å²) in [5.41, 5.74) is 2.77. The van der Waals surface area contributed by atoms with E-state index in [0.717, 1.165) is 5.56 Å². The summed E-state index contributed by atoms with van der Waals surface area (Å²) < 4.78 is 10.5. The van der Waals surface area contributed by atoms with Crippen molar-refractivity contribution in [1.29, 1.82) is 0 Å². The minimum absolute atomic E-state index is 0.226. The maximum atomic E-state index is 10.1. The second-order valence-corrected chi connectivity index (χ2v) is 4.65. The number of aliphatic hydroxyl groups excluding tert-OH is 1. The summed E-state index contributed by atoms with van der Waals surface area (Å²) >= 11 is 0. The van der Waals surface area contributed by atoms with Crippen LogP contribution in [-0.2, 0) is 0 Å². The lowest BCUT2D eigenvalue weighted by Gasteiger charge is -2.04. The number of hydrogen-bond donors (Lipinski definition) is 1. The van der Waals surface area contributed by atoms with E-state index in [1.54, 1.807) is 18.2 Å². The maximum absolute atomic E-state index is 10.1. The molecule has 0 radical (unpaired) electrons. The SMILES string of the molecule is Cc1ccc(C#C[C@H](O)c2ccc3c(c2)OCO3)cc1. The molecule has 0 amide bonds. The molecule has 3 rings (SSSR count). The van der Waals surface area contributed by atoms with Gasteiger partial charge in [-0.1, -0.05) is 35.6 Å². The van der Waals surface area contributed by atoms with Gasteiger partial charge in [-0.3, -0.25) is 0 Å². The molecule has 0 unspecified atom stereocenters. The molecule has 0 aromatic heterocycles. The highest BCUT2D eigenvalue weighted by atomic mass is 16.7.